The zero-order chi connectivity index (χ0) is 15.4. The van der Waals surface area contributed by atoms with E-state index in [0.717, 1.165) is 5.69 Å². The standard InChI is InChI=1S/C16H22N4O/c1-11-6-5-7-13(8-11)14(20(3)4)9-17-16(21)15-12(2)18-10-19-15/h5-8,10,14H,9H2,1-4H3,(H,17,21)(H,18,19)/t14-/m1/s1. The third-order valence-electron chi connectivity index (χ3n) is 3.55. The molecule has 2 N–H and O–H groups in total. The smallest absolute Gasteiger partial charge is 0.271 e. The van der Waals surface area contributed by atoms with Crippen LogP contribution >= 0.6 is 0 Å². The number of amides is 1. The van der Waals surface area contributed by atoms with Gasteiger partial charge in [0.25, 0.3) is 5.91 Å². The Morgan fingerprint density at radius 3 is 2.71 bits per heavy atom. The predicted octanol–water partition coefficient (Wildman–Crippen LogP) is 2.06. The highest BCUT2D eigenvalue weighted by Crippen LogP contribution is 2.18. The van der Waals surface area contributed by atoms with E-state index in [-0.39, 0.29) is 11.9 Å². The molecule has 0 aliphatic rings. The Bertz CT molecular complexity index is 618. The van der Waals surface area contributed by atoms with Gasteiger partial charge in [0.05, 0.1) is 12.4 Å². The van der Waals surface area contributed by atoms with Crippen LogP contribution in [0.5, 0.6) is 0 Å². The molecule has 0 radical (unpaired) electrons. The summed E-state index contributed by atoms with van der Waals surface area (Å²) in [5, 5.41) is 2.96. The van der Waals surface area contributed by atoms with Crippen molar-refractivity contribution in [3.8, 4) is 0 Å². The summed E-state index contributed by atoms with van der Waals surface area (Å²) in [5.41, 5.74) is 3.65. The van der Waals surface area contributed by atoms with Crippen LogP contribution in [-0.4, -0.2) is 41.4 Å². The number of hydrogen-bond acceptors (Lipinski definition) is 3. The van der Waals surface area contributed by atoms with Crippen LogP contribution in [0.25, 0.3) is 0 Å². The van der Waals surface area contributed by atoms with Crippen molar-refractivity contribution in [1.82, 2.24) is 20.2 Å². The second kappa shape index (κ2) is 6.54. The lowest BCUT2D eigenvalue weighted by atomic mass is 10.0. The van der Waals surface area contributed by atoms with Crippen LogP contribution in [0.15, 0.2) is 30.6 Å². The van der Waals surface area contributed by atoms with Crippen molar-refractivity contribution >= 4 is 5.91 Å². The fourth-order valence-electron chi connectivity index (χ4n) is 2.34. The van der Waals surface area contributed by atoms with E-state index < -0.39 is 0 Å². The summed E-state index contributed by atoms with van der Waals surface area (Å²) in [7, 11) is 4.03. The average Bonchev–Trinajstić information content (AvgIpc) is 2.85. The van der Waals surface area contributed by atoms with Gasteiger partial charge in [-0.25, -0.2) is 4.98 Å². The molecule has 0 aliphatic carbocycles. The lowest BCUT2D eigenvalue weighted by Crippen LogP contribution is -2.35. The fourth-order valence-corrected chi connectivity index (χ4v) is 2.34. The van der Waals surface area contributed by atoms with Crippen molar-refractivity contribution in [2.75, 3.05) is 20.6 Å². The van der Waals surface area contributed by atoms with Gasteiger partial charge in [-0.3, -0.25) is 4.79 Å². The van der Waals surface area contributed by atoms with Crippen LogP contribution in [0.2, 0.25) is 0 Å². The van der Waals surface area contributed by atoms with Crippen molar-refractivity contribution in [3.05, 3.63) is 53.1 Å². The molecule has 1 aromatic heterocycles. The van der Waals surface area contributed by atoms with Crippen molar-refractivity contribution in [2.45, 2.75) is 19.9 Å². The van der Waals surface area contributed by atoms with Crippen LogP contribution < -0.4 is 5.32 Å². The number of aryl methyl sites for hydroxylation is 2. The van der Waals surface area contributed by atoms with Gasteiger partial charge in [0.15, 0.2) is 0 Å². The Balaban J connectivity index is 2.08. The number of rotatable bonds is 5. The Hall–Kier alpha value is -2.14. The Labute approximate surface area is 125 Å². The van der Waals surface area contributed by atoms with E-state index >= 15 is 0 Å². The fraction of sp³-hybridized carbons (Fsp3) is 0.375. The molecule has 0 fully saturated rings. The summed E-state index contributed by atoms with van der Waals surface area (Å²) in [5.74, 6) is -0.145. The summed E-state index contributed by atoms with van der Waals surface area (Å²) in [6, 6.07) is 8.48. The van der Waals surface area contributed by atoms with Crippen LogP contribution in [0.3, 0.4) is 0 Å². The van der Waals surface area contributed by atoms with E-state index in [0.29, 0.717) is 12.2 Å². The number of H-pyrrole nitrogens is 1. The van der Waals surface area contributed by atoms with Gasteiger partial charge in [-0.2, -0.15) is 0 Å². The highest BCUT2D eigenvalue weighted by Gasteiger charge is 2.17. The summed E-state index contributed by atoms with van der Waals surface area (Å²) in [4.78, 5) is 21.2. The normalized spacial score (nSPS) is 12.4. The van der Waals surface area contributed by atoms with Crippen molar-refractivity contribution in [1.29, 1.82) is 0 Å². The van der Waals surface area contributed by atoms with Crippen LogP contribution in [0, 0.1) is 13.8 Å². The number of likely N-dealkylation sites (N-methyl/N-ethyl adjacent to an activating group) is 1. The summed E-state index contributed by atoms with van der Waals surface area (Å²) < 4.78 is 0. The summed E-state index contributed by atoms with van der Waals surface area (Å²) in [6.07, 6.45) is 1.54. The van der Waals surface area contributed by atoms with E-state index in [9.17, 15) is 4.79 Å². The SMILES string of the molecule is Cc1cccc([C@@H](CNC(=O)c2nc[nH]c2C)N(C)C)c1. The molecule has 5 nitrogen and oxygen atoms in total. The maximum Gasteiger partial charge on any atom is 0.271 e. The van der Waals surface area contributed by atoms with E-state index in [1.165, 1.54) is 17.5 Å². The first-order valence-corrected chi connectivity index (χ1v) is 7.00. The lowest BCUT2D eigenvalue weighted by Gasteiger charge is -2.25. The first-order chi connectivity index (χ1) is 9.99. The van der Waals surface area contributed by atoms with Gasteiger partial charge in [0, 0.05) is 12.2 Å². The molecule has 0 bridgehead atoms. The lowest BCUT2D eigenvalue weighted by molar-refractivity contribution is 0.0937. The molecule has 0 spiro atoms. The highest BCUT2D eigenvalue weighted by atomic mass is 16.1. The number of aromatic nitrogens is 2. The maximum atomic E-state index is 12.1. The topological polar surface area (TPSA) is 61.0 Å². The molecule has 1 atom stereocenters. The van der Waals surface area contributed by atoms with Gasteiger partial charge in [-0.05, 0) is 33.5 Å². The molecule has 0 unspecified atom stereocenters. The van der Waals surface area contributed by atoms with E-state index in [2.05, 4.69) is 45.3 Å². The number of aromatic amines is 1. The molecular formula is C16H22N4O. The van der Waals surface area contributed by atoms with E-state index in [1.807, 2.05) is 27.1 Å². The maximum absolute atomic E-state index is 12.1. The van der Waals surface area contributed by atoms with Crippen LogP contribution in [-0.2, 0) is 0 Å². The van der Waals surface area contributed by atoms with Gasteiger partial charge in [-0.1, -0.05) is 29.8 Å². The minimum atomic E-state index is -0.145. The van der Waals surface area contributed by atoms with Crippen molar-refractivity contribution < 1.29 is 4.79 Å². The molecule has 5 heteroatoms. The molecule has 0 saturated heterocycles. The van der Waals surface area contributed by atoms with Gasteiger partial charge in [-0.15, -0.1) is 0 Å². The van der Waals surface area contributed by atoms with Gasteiger partial charge >= 0.3 is 0 Å². The minimum absolute atomic E-state index is 0.132. The second-order valence-corrected chi connectivity index (χ2v) is 5.48. The zero-order valence-corrected chi connectivity index (χ0v) is 13.0. The van der Waals surface area contributed by atoms with E-state index in [1.54, 1.807) is 0 Å². The molecule has 1 amide bonds. The predicted molar refractivity (Wildman–Crippen MR) is 83.3 cm³/mol. The number of benzene rings is 1. The first-order valence-electron chi connectivity index (χ1n) is 7.00. The Morgan fingerprint density at radius 1 is 1.38 bits per heavy atom. The van der Waals surface area contributed by atoms with Crippen molar-refractivity contribution in [3.63, 3.8) is 0 Å². The molecule has 1 aromatic carbocycles. The van der Waals surface area contributed by atoms with Crippen molar-refractivity contribution in [2.24, 2.45) is 0 Å². The first kappa shape index (κ1) is 15.3. The number of carbonyl (C=O) groups excluding carboxylic acids is 1. The number of nitrogens with one attached hydrogen (secondary N) is 2. The molecule has 21 heavy (non-hydrogen) atoms. The number of hydrogen-bond donors (Lipinski definition) is 2. The second-order valence-electron chi connectivity index (χ2n) is 5.48. The minimum Gasteiger partial charge on any atom is -0.349 e. The number of imidazole rings is 1. The van der Waals surface area contributed by atoms with Crippen LogP contribution in [0.1, 0.15) is 33.4 Å². The monoisotopic (exact) mass is 286 g/mol. The van der Waals surface area contributed by atoms with Gasteiger partial charge in [0.2, 0.25) is 0 Å². The Kier molecular flexibility index (Phi) is 4.75. The third-order valence-corrected chi connectivity index (χ3v) is 3.55. The molecule has 0 saturated carbocycles. The molecule has 112 valence electrons. The quantitative estimate of drug-likeness (QED) is 0.884. The van der Waals surface area contributed by atoms with Gasteiger partial charge in [0.1, 0.15) is 5.69 Å². The van der Waals surface area contributed by atoms with Gasteiger partial charge < -0.3 is 15.2 Å². The molecular weight excluding hydrogens is 264 g/mol. The largest absolute Gasteiger partial charge is 0.349 e. The molecule has 2 rings (SSSR count). The summed E-state index contributed by atoms with van der Waals surface area (Å²) in [6.45, 7) is 4.45. The number of nitrogens with zero attached hydrogens (tertiary/aromatic N) is 2. The average molecular weight is 286 g/mol. The number of carbonyl (C=O) groups is 1. The zero-order valence-electron chi connectivity index (χ0n) is 13.0. The third kappa shape index (κ3) is 3.70. The highest BCUT2D eigenvalue weighted by molar-refractivity contribution is 5.93. The van der Waals surface area contributed by atoms with Crippen LogP contribution in [0.4, 0.5) is 0 Å². The van der Waals surface area contributed by atoms with E-state index in [4.69, 9.17) is 0 Å². The molecule has 0 aliphatic heterocycles. The summed E-state index contributed by atoms with van der Waals surface area (Å²) >= 11 is 0. The molecule has 2 aromatic rings. The molecule has 1 heterocycles. The Morgan fingerprint density at radius 2 is 2.14 bits per heavy atom.